The minimum absolute atomic E-state index is 0. The van der Waals surface area contributed by atoms with Crippen LogP contribution in [0.15, 0.2) is 78.9 Å². The monoisotopic (exact) mass is 1000 g/mol. The number of rotatable bonds is 20. The molecule has 0 bridgehead atoms. The Hall–Kier alpha value is -2.66. The van der Waals surface area contributed by atoms with Gasteiger partial charge in [0.05, 0.1) is 18.4 Å². The van der Waals surface area contributed by atoms with E-state index < -0.39 is 36.1 Å². The Balaban J connectivity index is -0.000000235. The molecule has 4 atom stereocenters. The van der Waals surface area contributed by atoms with Crippen LogP contribution in [-0.4, -0.2) is 80.5 Å². The van der Waals surface area contributed by atoms with E-state index in [-0.39, 0.29) is 87.6 Å². The van der Waals surface area contributed by atoms with Gasteiger partial charge in [0.15, 0.2) is 29.6 Å². The largest absolute Gasteiger partial charge is 0.493 e. The van der Waals surface area contributed by atoms with E-state index in [9.17, 15) is 19.2 Å². The summed E-state index contributed by atoms with van der Waals surface area (Å²) in [6.07, 6.45) is 4.73. The molecule has 4 N–H and O–H groups in total. The van der Waals surface area contributed by atoms with Crippen LogP contribution in [0.3, 0.4) is 0 Å². The molecule has 0 aliphatic heterocycles. The zero-order chi connectivity index (χ0) is 42.6. The van der Waals surface area contributed by atoms with Crippen molar-refractivity contribution >= 4 is 41.2 Å². The van der Waals surface area contributed by atoms with Crippen molar-refractivity contribution in [2.24, 2.45) is 17.8 Å². The number of ether oxygens (including phenoxy) is 3. The van der Waals surface area contributed by atoms with Crippen LogP contribution in [0.2, 0.25) is 0 Å². The molecule has 4 unspecified atom stereocenters. The summed E-state index contributed by atoms with van der Waals surface area (Å²) in [5, 5.41) is 34.5. The molecule has 0 aliphatic carbocycles. The molecule has 0 heterocycles. The maximum absolute atomic E-state index is 10.9. The number of hydrogen-bond donors (Lipinski definition) is 4. The van der Waals surface area contributed by atoms with Gasteiger partial charge >= 0.3 is 23.9 Å². The van der Waals surface area contributed by atoms with Gasteiger partial charge in [0.1, 0.15) is 17.2 Å². The molecule has 0 fully saturated rings. The fraction of sp³-hybridized carbons (Fsp3) is 0.511. The Bertz CT molecular complexity index is 1530. The standard InChI is InChI=1S/C18H28O4.C13H18O2.C10H12O3.C4H8O2.Al.3Zn.3H/c1-4-7-8-14(5-2)13-21-15-9-11-16(12-10-15)22-17(6-3)18(19)20;1-9(2)12-6-4-11(5-7-12)8-10(3)13(14)15;1-2-9(10(11)12)13-8-6-4-3-5-7-8;1-3(2)4(5)6;;;;;;;/h9-12,14,17H,4-8,13H2,1-3H3,(H,19,20);4-7,9-10H,8H2,1-3H3,(H,14,15);3-7,9H,2H2,1H3,(H,11,12);3H,1-2H3,(H,5,6);;;;;;;. The van der Waals surface area contributed by atoms with Gasteiger partial charge < -0.3 is 34.6 Å². The van der Waals surface area contributed by atoms with Crippen molar-refractivity contribution < 1.29 is 112 Å². The van der Waals surface area contributed by atoms with Crippen molar-refractivity contribution in [2.45, 2.75) is 125 Å². The summed E-state index contributed by atoms with van der Waals surface area (Å²) in [4.78, 5) is 41.9. The number of carboxylic acids is 4. The van der Waals surface area contributed by atoms with Crippen LogP contribution in [0.25, 0.3) is 0 Å². The second-order valence-corrected chi connectivity index (χ2v) is 14.1. The topological polar surface area (TPSA) is 177 Å². The van der Waals surface area contributed by atoms with Crippen molar-refractivity contribution in [2.75, 3.05) is 6.61 Å². The molecule has 3 rings (SSSR count). The molecule has 0 aliphatic rings. The van der Waals surface area contributed by atoms with Crippen molar-refractivity contribution in [3.05, 3.63) is 90.0 Å². The van der Waals surface area contributed by atoms with Crippen molar-refractivity contribution in [3.63, 3.8) is 0 Å². The summed E-state index contributed by atoms with van der Waals surface area (Å²) < 4.78 is 16.5. The van der Waals surface area contributed by atoms with Crippen LogP contribution in [0.1, 0.15) is 118 Å². The first-order chi connectivity index (χ1) is 26.5. The molecule has 15 heteroatoms. The first-order valence-electron chi connectivity index (χ1n) is 19.6. The van der Waals surface area contributed by atoms with Gasteiger partial charge in [0, 0.05) is 58.4 Å². The molecule has 0 aromatic heterocycles. The number of aliphatic carboxylic acids is 4. The average Bonchev–Trinajstić information content (AvgIpc) is 3.17. The van der Waals surface area contributed by atoms with Gasteiger partial charge in [-0.25, -0.2) is 9.59 Å². The van der Waals surface area contributed by atoms with Gasteiger partial charge in [-0.05, 0) is 85.0 Å². The van der Waals surface area contributed by atoms with Crippen LogP contribution in [-0.2, 0) is 84.0 Å². The molecule has 0 radical (unpaired) electrons. The van der Waals surface area contributed by atoms with Gasteiger partial charge in [-0.3, -0.25) is 9.59 Å². The van der Waals surface area contributed by atoms with Crippen LogP contribution in [0.5, 0.6) is 17.2 Å². The molecule has 324 valence electrons. The molecule has 11 nitrogen and oxygen atoms in total. The van der Waals surface area contributed by atoms with E-state index in [0.29, 0.717) is 42.6 Å². The molecule has 0 spiro atoms. The van der Waals surface area contributed by atoms with E-state index >= 15 is 0 Å². The normalized spacial score (nSPS) is 11.7. The Morgan fingerprint density at radius 1 is 0.567 bits per heavy atom. The summed E-state index contributed by atoms with van der Waals surface area (Å²) in [6, 6.07) is 24.3. The van der Waals surface area contributed by atoms with Crippen molar-refractivity contribution in [1.29, 1.82) is 0 Å². The number of benzene rings is 3. The molecular formula is C45H69AlO11Zn3. The van der Waals surface area contributed by atoms with E-state index in [1.807, 2.05) is 42.5 Å². The maximum Gasteiger partial charge on any atom is 0.344 e. The minimum atomic E-state index is -0.940. The number of carboxylic acid groups (broad SMARTS) is 4. The number of unbranched alkanes of at least 4 members (excludes halogenated alkanes) is 1. The van der Waals surface area contributed by atoms with Crippen LogP contribution < -0.4 is 14.2 Å². The predicted molar refractivity (Wildman–Crippen MR) is 230 cm³/mol. The third-order valence-corrected chi connectivity index (χ3v) is 8.55. The number of hydrogen-bond acceptors (Lipinski definition) is 7. The third kappa shape index (κ3) is 31.2. The molecular weight excluding hydrogens is 940 g/mol. The predicted octanol–water partition coefficient (Wildman–Crippen LogP) is 9.06. The fourth-order valence-corrected chi connectivity index (χ4v) is 4.65. The van der Waals surface area contributed by atoms with Gasteiger partial charge in [0.2, 0.25) is 0 Å². The minimum Gasteiger partial charge on any atom is -0.493 e. The van der Waals surface area contributed by atoms with Crippen LogP contribution >= 0.6 is 0 Å². The van der Waals surface area contributed by atoms with E-state index in [4.69, 9.17) is 34.6 Å². The Morgan fingerprint density at radius 2 is 1.00 bits per heavy atom. The summed E-state index contributed by atoms with van der Waals surface area (Å²) in [6.45, 7) is 18.0. The van der Waals surface area contributed by atoms with Gasteiger partial charge in [-0.15, -0.1) is 0 Å². The SMILES string of the molecule is CC(C)C(=O)O.CC(Cc1ccc(C(C)C)cc1)C(=O)O.CCC(Oc1ccccc1)C(=O)O.CCCCC(CC)COc1ccc(OC(CC)C(=O)O)cc1.[AlH3].[Zn].[Zn].[Zn]. The fourth-order valence-electron chi connectivity index (χ4n) is 4.65. The van der Waals surface area contributed by atoms with Crippen molar-refractivity contribution in [3.8, 4) is 17.2 Å². The number of carbonyl (C=O) groups is 4. The maximum atomic E-state index is 10.9. The van der Waals surface area contributed by atoms with Crippen LogP contribution in [0, 0.1) is 17.8 Å². The van der Waals surface area contributed by atoms with E-state index in [1.54, 1.807) is 58.9 Å². The molecule has 3 aromatic carbocycles. The first kappa shape index (κ1) is 66.4. The third-order valence-electron chi connectivity index (χ3n) is 8.55. The summed E-state index contributed by atoms with van der Waals surface area (Å²) >= 11 is 0. The molecule has 3 aromatic rings. The zero-order valence-corrected chi connectivity index (χ0v) is 45.8. The summed E-state index contributed by atoms with van der Waals surface area (Å²) in [5.74, 6) is -0.820. The van der Waals surface area contributed by atoms with Gasteiger partial charge in [-0.2, -0.15) is 0 Å². The van der Waals surface area contributed by atoms with E-state index in [2.05, 4.69) is 39.8 Å². The molecule has 0 saturated heterocycles. The van der Waals surface area contributed by atoms with E-state index in [1.165, 1.54) is 24.8 Å². The molecule has 60 heavy (non-hydrogen) atoms. The quantitative estimate of drug-likeness (QED) is 0.0795. The molecule has 0 amide bonds. The first-order valence-corrected chi connectivity index (χ1v) is 19.6. The zero-order valence-electron chi connectivity index (χ0n) is 36.9. The van der Waals surface area contributed by atoms with Gasteiger partial charge in [-0.1, -0.05) is 124 Å². The van der Waals surface area contributed by atoms with Crippen LogP contribution in [0.4, 0.5) is 0 Å². The van der Waals surface area contributed by atoms with Crippen molar-refractivity contribution in [1.82, 2.24) is 0 Å². The van der Waals surface area contributed by atoms with Gasteiger partial charge in [0.25, 0.3) is 0 Å². The number of para-hydroxylation sites is 1. The summed E-state index contributed by atoms with van der Waals surface area (Å²) in [7, 11) is 0. The molecule has 0 saturated carbocycles. The summed E-state index contributed by atoms with van der Waals surface area (Å²) in [5.41, 5.74) is 2.39. The second kappa shape index (κ2) is 39.2. The smallest absolute Gasteiger partial charge is 0.344 e. The Kier molecular flexibility index (Phi) is 43.4. The Labute approximate surface area is 407 Å². The second-order valence-electron chi connectivity index (χ2n) is 14.1. The average molecular weight is 1010 g/mol. The Morgan fingerprint density at radius 3 is 1.35 bits per heavy atom. The van der Waals surface area contributed by atoms with E-state index in [0.717, 1.165) is 24.3 Å².